The molecule has 0 amide bonds. The van der Waals surface area contributed by atoms with Crippen molar-refractivity contribution < 1.29 is 23.7 Å². The summed E-state index contributed by atoms with van der Waals surface area (Å²) in [5.41, 5.74) is 1.14. The Morgan fingerprint density at radius 2 is 2.08 bits per heavy atom. The van der Waals surface area contributed by atoms with Gasteiger partial charge in [0.15, 0.2) is 5.79 Å². The van der Waals surface area contributed by atoms with E-state index in [0.717, 1.165) is 5.56 Å². The minimum atomic E-state index is -0.684. The third-order valence-corrected chi connectivity index (χ3v) is 5.03. The van der Waals surface area contributed by atoms with E-state index in [1.165, 1.54) is 0 Å². The lowest BCUT2D eigenvalue weighted by atomic mass is 9.88. The van der Waals surface area contributed by atoms with Crippen molar-refractivity contribution >= 4 is 5.97 Å². The van der Waals surface area contributed by atoms with Gasteiger partial charge < -0.3 is 18.9 Å². The van der Waals surface area contributed by atoms with Gasteiger partial charge in [0.1, 0.15) is 6.10 Å². The van der Waals surface area contributed by atoms with Gasteiger partial charge in [-0.05, 0) is 12.5 Å². The molecule has 2 saturated heterocycles. The molecule has 5 heteroatoms. The zero-order valence-corrected chi connectivity index (χ0v) is 14.6. The molecular weight excluding hydrogens is 308 g/mol. The molecule has 132 valence electrons. The highest BCUT2D eigenvalue weighted by Gasteiger charge is 2.52. The number of benzene rings is 1. The summed E-state index contributed by atoms with van der Waals surface area (Å²) in [5.74, 6) is -0.955. The Labute approximate surface area is 143 Å². The van der Waals surface area contributed by atoms with Crippen LogP contribution in [-0.2, 0) is 30.3 Å². The number of carbonyl (C=O) groups is 1. The summed E-state index contributed by atoms with van der Waals surface area (Å²) in [6.45, 7) is 5.04. The summed E-state index contributed by atoms with van der Waals surface area (Å²) >= 11 is 0. The molecule has 0 unspecified atom stereocenters. The molecule has 2 aliphatic heterocycles. The summed E-state index contributed by atoms with van der Waals surface area (Å²) in [6.07, 6.45) is 0.954. The molecule has 3 rings (SSSR count). The van der Waals surface area contributed by atoms with Crippen LogP contribution in [0.3, 0.4) is 0 Å². The maximum absolute atomic E-state index is 12.3. The van der Waals surface area contributed by atoms with Gasteiger partial charge in [-0.3, -0.25) is 4.79 Å². The number of esters is 1. The number of carbonyl (C=O) groups excluding carboxylic acids is 1. The van der Waals surface area contributed by atoms with Gasteiger partial charge in [0.05, 0.1) is 25.2 Å². The standard InChI is InChI=1S/C19H26O5/c1-13(11-22-12-14-7-5-4-6-8-14)16-9-17-15(18(20)23-16)10-19(2,21-3)24-17/h4-8,13,15-17H,9-12H2,1-3H3/t13-,15+,16+,17+,19-/m0/s1. The van der Waals surface area contributed by atoms with Crippen molar-refractivity contribution in [3.63, 3.8) is 0 Å². The zero-order chi connectivity index (χ0) is 17.2. The molecular formula is C19H26O5. The Balaban J connectivity index is 1.51. The fraction of sp³-hybridized carbons (Fsp3) is 0.632. The molecule has 0 bridgehead atoms. The van der Waals surface area contributed by atoms with Gasteiger partial charge in [-0.25, -0.2) is 0 Å². The molecule has 24 heavy (non-hydrogen) atoms. The maximum Gasteiger partial charge on any atom is 0.312 e. The van der Waals surface area contributed by atoms with Crippen LogP contribution in [0.2, 0.25) is 0 Å². The van der Waals surface area contributed by atoms with Crippen molar-refractivity contribution in [2.24, 2.45) is 11.8 Å². The van der Waals surface area contributed by atoms with Crippen molar-refractivity contribution in [2.75, 3.05) is 13.7 Å². The molecule has 0 radical (unpaired) electrons. The van der Waals surface area contributed by atoms with Crippen LogP contribution in [0.25, 0.3) is 0 Å². The fourth-order valence-electron chi connectivity index (χ4n) is 3.47. The molecule has 2 heterocycles. The Hall–Kier alpha value is -1.43. The molecule has 0 saturated carbocycles. The second kappa shape index (κ2) is 7.21. The highest BCUT2D eigenvalue weighted by Crippen LogP contribution is 2.42. The van der Waals surface area contributed by atoms with E-state index in [2.05, 4.69) is 0 Å². The molecule has 0 N–H and O–H groups in total. The van der Waals surface area contributed by atoms with Crippen molar-refractivity contribution in [1.82, 2.24) is 0 Å². The van der Waals surface area contributed by atoms with E-state index in [1.807, 2.05) is 44.2 Å². The van der Waals surface area contributed by atoms with Crippen LogP contribution in [0.15, 0.2) is 30.3 Å². The largest absolute Gasteiger partial charge is 0.462 e. The first kappa shape index (κ1) is 17.4. The van der Waals surface area contributed by atoms with Gasteiger partial charge in [0.2, 0.25) is 0 Å². The monoisotopic (exact) mass is 334 g/mol. The van der Waals surface area contributed by atoms with Crippen LogP contribution >= 0.6 is 0 Å². The topological polar surface area (TPSA) is 54.0 Å². The van der Waals surface area contributed by atoms with Crippen molar-refractivity contribution in [3.05, 3.63) is 35.9 Å². The van der Waals surface area contributed by atoms with E-state index < -0.39 is 5.79 Å². The van der Waals surface area contributed by atoms with Crippen LogP contribution in [0.4, 0.5) is 0 Å². The number of ether oxygens (including phenoxy) is 4. The number of fused-ring (bicyclic) bond motifs is 1. The Bertz CT molecular complexity index is 560. The van der Waals surface area contributed by atoms with Crippen molar-refractivity contribution in [3.8, 4) is 0 Å². The second-order valence-electron chi connectivity index (χ2n) is 6.99. The first-order valence-electron chi connectivity index (χ1n) is 8.56. The fourth-order valence-corrected chi connectivity index (χ4v) is 3.47. The summed E-state index contributed by atoms with van der Waals surface area (Å²) in [7, 11) is 1.61. The molecule has 0 aromatic heterocycles. The van der Waals surface area contributed by atoms with Gasteiger partial charge >= 0.3 is 5.97 Å². The predicted molar refractivity (Wildman–Crippen MR) is 88.2 cm³/mol. The van der Waals surface area contributed by atoms with Gasteiger partial charge in [-0.15, -0.1) is 0 Å². The lowest BCUT2D eigenvalue weighted by Crippen LogP contribution is -2.42. The van der Waals surface area contributed by atoms with Crippen LogP contribution < -0.4 is 0 Å². The lowest BCUT2D eigenvalue weighted by Gasteiger charge is -2.33. The molecule has 2 aliphatic rings. The highest BCUT2D eigenvalue weighted by atomic mass is 16.7. The Morgan fingerprint density at radius 3 is 2.79 bits per heavy atom. The normalized spacial score (nSPS) is 33.8. The first-order chi connectivity index (χ1) is 11.5. The van der Waals surface area contributed by atoms with E-state index in [1.54, 1.807) is 7.11 Å². The quantitative estimate of drug-likeness (QED) is 0.749. The number of methoxy groups -OCH3 is 1. The van der Waals surface area contributed by atoms with E-state index in [4.69, 9.17) is 18.9 Å². The molecule has 5 nitrogen and oxygen atoms in total. The van der Waals surface area contributed by atoms with Crippen LogP contribution in [0.5, 0.6) is 0 Å². The number of hydrogen-bond donors (Lipinski definition) is 0. The van der Waals surface area contributed by atoms with Crippen molar-refractivity contribution in [2.45, 2.75) is 51.3 Å². The van der Waals surface area contributed by atoms with Gasteiger partial charge in [-0.2, -0.15) is 0 Å². The minimum Gasteiger partial charge on any atom is -0.462 e. The summed E-state index contributed by atoms with van der Waals surface area (Å²) in [5, 5.41) is 0. The van der Waals surface area contributed by atoms with Gasteiger partial charge in [-0.1, -0.05) is 37.3 Å². The molecule has 0 aliphatic carbocycles. The van der Waals surface area contributed by atoms with E-state index in [9.17, 15) is 4.79 Å². The molecule has 5 atom stereocenters. The van der Waals surface area contributed by atoms with E-state index in [-0.39, 0.29) is 30.0 Å². The van der Waals surface area contributed by atoms with E-state index >= 15 is 0 Å². The number of hydrogen-bond acceptors (Lipinski definition) is 5. The SMILES string of the molecule is CO[C@]1(C)C[C@H]2C(=O)O[C@@H]([C@@H](C)COCc3ccccc3)C[C@H]2O1. The highest BCUT2D eigenvalue weighted by molar-refractivity contribution is 5.74. The summed E-state index contributed by atoms with van der Waals surface area (Å²) in [4.78, 5) is 12.3. The Kier molecular flexibility index (Phi) is 5.23. The minimum absolute atomic E-state index is 0.122. The third kappa shape index (κ3) is 3.79. The van der Waals surface area contributed by atoms with Gasteiger partial charge in [0, 0.05) is 25.9 Å². The maximum atomic E-state index is 12.3. The zero-order valence-electron chi connectivity index (χ0n) is 14.6. The molecule has 1 aromatic carbocycles. The smallest absolute Gasteiger partial charge is 0.312 e. The predicted octanol–water partition coefficient (Wildman–Crippen LogP) is 2.92. The van der Waals surface area contributed by atoms with Crippen molar-refractivity contribution in [1.29, 1.82) is 0 Å². The van der Waals surface area contributed by atoms with Crippen LogP contribution in [-0.4, -0.2) is 37.7 Å². The number of rotatable bonds is 6. The molecule has 2 fully saturated rings. The van der Waals surface area contributed by atoms with Crippen LogP contribution in [0, 0.1) is 11.8 Å². The van der Waals surface area contributed by atoms with E-state index in [0.29, 0.717) is 26.1 Å². The summed E-state index contributed by atoms with van der Waals surface area (Å²) in [6, 6.07) is 10.0. The molecule has 1 aromatic rings. The number of cyclic esters (lactones) is 1. The Morgan fingerprint density at radius 1 is 1.33 bits per heavy atom. The first-order valence-corrected chi connectivity index (χ1v) is 8.56. The second-order valence-corrected chi connectivity index (χ2v) is 6.99. The third-order valence-electron chi connectivity index (χ3n) is 5.03. The average Bonchev–Trinajstić information content (AvgIpc) is 2.93. The summed E-state index contributed by atoms with van der Waals surface area (Å²) < 4.78 is 22.8. The van der Waals surface area contributed by atoms with Crippen LogP contribution in [0.1, 0.15) is 32.3 Å². The molecule has 0 spiro atoms. The average molecular weight is 334 g/mol. The van der Waals surface area contributed by atoms with Gasteiger partial charge in [0.25, 0.3) is 0 Å². The lowest BCUT2D eigenvalue weighted by molar-refractivity contribution is -0.209.